The Kier molecular flexibility index (Phi) is 2.87. The van der Waals surface area contributed by atoms with Crippen LogP contribution in [0.15, 0.2) is 11.6 Å². The maximum Gasteiger partial charge on any atom is 0.159 e. The van der Waals surface area contributed by atoms with Crippen molar-refractivity contribution in [2.45, 2.75) is 58.8 Å². The van der Waals surface area contributed by atoms with Crippen molar-refractivity contribution < 1.29 is 14.4 Å². The third-order valence-electron chi connectivity index (χ3n) is 7.50. The predicted octanol–water partition coefficient (Wildman–Crippen LogP) is 3.27. The molecule has 3 heteroatoms. The fraction of sp³-hybridized carbons (Fsp3) is 0.737. The molecule has 0 radical (unpaired) electrons. The summed E-state index contributed by atoms with van der Waals surface area (Å²) in [5, 5.41) is 0. The van der Waals surface area contributed by atoms with Crippen molar-refractivity contribution in [3.05, 3.63) is 11.6 Å². The summed E-state index contributed by atoms with van der Waals surface area (Å²) in [6.45, 7) is 4.32. The Balaban J connectivity index is 1.76. The number of carbonyl (C=O) groups excluding carboxylic acids is 3. The van der Waals surface area contributed by atoms with Crippen molar-refractivity contribution in [1.29, 1.82) is 0 Å². The van der Waals surface area contributed by atoms with Crippen LogP contribution >= 0.6 is 0 Å². The summed E-state index contributed by atoms with van der Waals surface area (Å²) in [7, 11) is 0. The highest BCUT2D eigenvalue weighted by Crippen LogP contribution is 2.63. The fourth-order valence-corrected chi connectivity index (χ4v) is 6.16. The first kappa shape index (κ1) is 14.3. The number of allylic oxidation sites excluding steroid dienone is 1. The van der Waals surface area contributed by atoms with Crippen LogP contribution in [0.2, 0.25) is 0 Å². The average Bonchev–Trinajstić information content (AvgIpc) is 2.77. The van der Waals surface area contributed by atoms with Gasteiger partial charge in [0.1, 0.15) is 5.78 Å². The molecule has 4 aliphatic carbocycles. The van der Waals surface area contributed by atoms with Crippen LogP contribution in [-0.4, -0.2) is 17.3 Å². The van der Waals surface area contributed by atoms with Gasteiger partial charge in [-0.15, -0.1) is 0 Å². The summed E-state index contributed by atoms with van der Waals surface area (Å²) >= 11 is 0. The van der Waals surface area contributed by atoms with Gasteiger partial charge in [0.2, 0.25) is 0 Å². The Labute approximate surface area is 131 Å². The van der Waals surface area contributed by atoms with Crippen LogP contribution in [-0.2, 0) is 14.4 Å². The van der Waals surface area contributed by atoms with Gasteiger partial charge >= 0.3 is 0 Å². The van der Waals surface area contributed by atoms with E-state index in [4.69, 9.17) is 0 Å². The lowest BCUT2D eigenvalue weighted by Crippen LogP contribution is -2.53. The Morgan fingerprint density at radius 2 is 1.68 bits per heavy atom. The van der Waals surface area contributed by atoms with Crippen LogP contribution in [0.4, 0.5) is 0 Å². The summed E-state index contributed by atoms with van der Waals surface area (Å²) in [4.78, 5) is 36.8. The SMILES string of the molecule is C[C@]12CCC(=O)C=C1C(=O)CC1C2CC[C@]2(C)C(=O)CCC12. The number of Topliss-reactive ketones (excluding diaryl/α,β-unsaturated/α-hetero) is 2. The predicted molar refractivity (Wildman–Crippen MR) is 82.1 cm³/mol. The smallest absolute Gasteiger partial charge is 0.159 e. The van der Waals surface area contributed by atoms with Gasteiger partial charge in [-0.05, 0) is 54.9 Å². The lowest BCUT2D eigenvalue weighted by molar-refractivity contribution is -0.138. The molecule has 22 heavy (non-hydrogen) atoms. The van der Waals surface area contributed by atoms with Gasteiger partial charge in [-0.2, -0.15) is 0 Å². The molecule has 3 nitrogen and oxygen atoms in total. The number of ketones is 3. The van der Waals surface area contributed by atoms with Crippen molar-refractivity contribution in [3.63, 3.8) is 0 Å². The van der Waals surface area contributed by atoms with E-state index in [0.717, 1.165) is 31.3 Å². The molecule has 0 spiro atoms. The summed E-state index contributed by atoms with van der Waals surface area (Å²) in [5.74, 6) is 1.87. The van der Waals surface area contributed by atoms with Gasteiger partial charge in [-0.3, -0.25) is 14.4 Å². The molecule has 0 bridgehead atoms. The van der Waals surface area contributed by atoms with Crippen molar-refractivity contribution in [3.8, 4) is 0 Å². The standard InChI is InChI=1S/C19H24O3/c1-18-7-5-11(20)9-15(18)16(21)10-12-13-3-4-17(22)19(13,2)8-6-14(12)18/h9,12-14H,3-8,10H2,1-2H3/t12?,13?,14?,18-,19+/m1/s1. The van der Waals surface area contributed by atoms with E-state index in [1.54, 1.807) is 6.08 Å². The Morgan fingerprint density at radius 3 is 2.45 bits per heavy atom. The number of hydrogen-bond acceptors (Lipinski definition) is 3. The molecule has 0 heterocycles. The number of fused-ring (bicyclic) bond motifs is 5. The van der Waals surface area contributed by atoms with E-state index in [1.165, 1.54) is 0 Å². The van der Waals surface area contributed by atoms with E-state index < -0.39 is 0 Å². The quantitative estimate of drug-likeness (QED) is 0.690. The second kappa shape index (κ2) is 4.39. The van der Waals surface area contributed by atoms with Crippen LogP contribution in [0.3, 0.4) is 0 Å². The molecule has 0 N–H and O–H groups in total. The largest absolute Gasteiger partial charge is 0.299 e. The second-order valence-electron chi connectivity index (χ2n) is 8.36. The minimum absolute atomic E-state index is 0.107. The first-order chi connectivity index (χ1) is 10.4. The Hall–Kier alpha value is -1.25. The zero-order chi connectivity index (χ0) is 15.7. The van der Waals surface area contributed by atoms with Crippen molar-refractivity contribution >= 4 is 17.3 Å². The van der Waals surface area contributed by atoms with Gasteiger partial charge < -0.3 is 0 Å². The maximum atomic E-state index is 12.7. The summed E-state index contributed by atoms with van der Waals surface area (Å²) in [6.07, 6.45) is 7.19. The van der Waals surface area contributed by atoms with Crippen LogP contribution in [0, 0.1) is 28.6 Å². The second-order valence-corrected chi connectivity index (χ2v) is 8.36. The topological polar surface area (TPSA) is 51.2 Å². The van der Waals surface area contributed by atoms with Gasteiger partial charge in [-0.25, -0.2) is 0 Å². The lowest BCUT2D eigenvalue weighted by Gasteiger charge is -2.56. The molecule has 0 aromatic rings. The first-order valence-corrected chi connectivity index (χ1v) is 8.68. The molecular formula is C19H24O3. The Morgan fingerprint density at radius 1 is 0.955 bits per heavy atom. The molecule has 0 amide bonds. The minimum Gasteiger partial charge on any atom is -0.299 e. The fourth-order valence-electron chi connectivity index (χ4n) is 6.16. The molecule has 0 saturated heterocycles. The molecule has 3 unspecified atom stereocenters. The van der Waals surface area contributed by atoms with Crippen molar-refractivity contribution in [1.82, 2.24) is 0 Å². The zero-order valence-electron chi connectivity index (χ0n) is 13.5. The number of carbonyl (C=O) groups is 3. The highest BCUT2D eigenvalue weighted by molar-refractivity contribution is 6.06. The third-order valence-corrected chi connectivity index (χ3v) is 7.50. The number of hydrogen-bond donors (Lipinski definition) is 0. The molecule has 118 valence electrons. The van der Waals surface area contributed by atoms with Gasteiger partial charge in [0.05, 0.1) is 0 Å². The highest BCUT2D eigenvalue weighted by atomic mass is 16.1. The normalized spacial score (nSPS) is 47.6. The van der Waals surface area contributed by atoms with Crippen LogP contribution in [0.1, 0.15) is 58.8 Å². The monoisotopic (exact) mass is 300 g/mol. The van der Waals surface area contributed by atoms with E-state index >= 15 is 0 Å². The van der Waals surface area contributed by atoms with Gasteiger partial charge in [0.25, 0.3) is 0 Å². The van der Waals surface area contributed by atoms with Crippen LogP contribution in [0.25, 0.3) is 0 Å². The molecule has 5 atom stereocenters. The van der Waals surface area contributed by atoms with E-state index in [-0.39, 0.29) is 22.4 Å². The highest BCUT2D eigenvalue weighted by Gasteiger charge is 2.60. The molecule has 3 saturated carbocycles. The van der Waals surface area contributed by atoms with E-state index in [0.29, 0.717) is 42.8 Å². The van der Waals surface area contributed by atoms with E-state index in [1.807, 2.05) is 0 Å². The molecule has 3 fully saturated rings. The molecular weight excluding hydrogens is 276 g/mol. The molecule has 4 aliphatic rings. The third kappa shape index (κ3) is 1.65. The van der Waals surface area contributed by atoms with E-state index in [2.05, 4.69) is 13.8 Å². The lowest BCUT2D eigenvalue weighted by atomic mass is 9.47. The molecule has 0 aromatic carbocycles. The average molecular weight is 300 g/mol. The van der Waals surface area contributed by atoms with Gasteiger partial charge in [0, 0.05) is 30.3 Å². The summed E-state index contributed by atoms with van der Waals surface area (Å²) in [6, 6.07) is 0. The molecule has 0 aliphatic heterocycles. The van der Waals surface area contributed by atoms with Crippen molar-refractivity contribution in [2.24, 2.45) is 28.6 Å². The van der Waals surface area contributed by atoms with Gasteiger partial charge in [-0.1, -0.05) is 13.8 Å². The van der Waals surface area contributed by atoms with Crippen LogP contribution < -0.4 is 0 Å². The summed E-state index contributed by atoms with van der Waals surface area (Å²) < 4.78 is 0. The summed E-state index contributed by atoms with van der Waals surface area (Å²) in [5.41, 5.74) is 0.461. The first-order valence-electron chi connectivity index (χ1n) is 8.68. The zero-order valence-corrected chi connectivity index (χ0v) is 13.5. The van der Waals surface area contributed by atoms with E-state index in [9.17, 15) is 14.4 Å². The molecule has 0 aromatic heterocycles. The Bertz CT molecular complexity index is 616. The minimum atomic E-state index is -0.191. The van der Waals surface area contributed by atoms with Gasteiger partial charge in [0.15, 0.2) is 11.6 Å². The maximum absolute atomic E-state index is 12.7. The van der Waals surface area contributed by atoms with Crippen molar-refractivity contribution in [2.75, 3.05) is 0 Å². The number of rotatable bonds is 0. The van der Waals surface area contributed by atoms with Crippen LogP contribution in [0.5, 0.6) is 0 Å². The molecule has 4 rings (SSSR count).